The summed E-state index contributed by atoms with van der Waals surface area (Å²) in [6.07, 6.45) is 2.86. The van der Waals surface area contributed by atoms with Gasteiger partial charge in [-0.3, -0.25) is 0 Å². The summed E-state index contributed by atoms with van der Waals surface area (Å²) < 4.78 is 21.0. The van der Waals surface area contributed by atoms with Gasteiger partial charge in [-0.25, -0.2) is 9.37 Å². The lowest BCUT2D eigenvalue weighted by Gasteiger charge is -2.10. The number of benzene rings is 1. The largest absolute Gasteiger partial charge is 0.385 e. The molecule has 2 rings (SSSR count). The highest BCUT2D eigenvalue weighted by Gasteiger charge is 2.07. The van der Waals surface area contributed by atoms with Gasteiger partial charge < -0.3 is 14.6 Å². The Hall–Kier alpha value is -1.40. The van der Waals surface area contributed by atoms with Crippen molar-refractivity contribution in [2.75, 3.05) is 19.0 Å². The van der Waals surface area contributed by atoms with Crippen LogP contribution in [0.1, 0.15) is 12.1 Å². The molecule has 0 radical (unpaired) electrons. The van der Waals surface area contributed by atoms with Gasteiger partial charge in [-0.1, -0.05) is 0 Å². The lowest BCUT2D eigenvalue weighted by atomic mass is 10.3. The molecule has 0 unspecified atom stereocenters. The Labute approximate surface area is 126 Å². The molecule has 0 saturated carbocycles. The maximum Gasteiger partial charge on any atom is 0.207 e. The number of hydrogen-bond acceptors (Lipinski definition) is 3. The summed E-state index contributed by atoms with van der Waals surface area (Å²) >= 11 is 3.14. The van der Waals surface area contributed by atoms with Gasteiger partial charge in [0.2, 0.25) is 5.95 Å². The van der Waals surface area contributed by atoms with Crippen LogP contribution < -0.4 is 5.32 Å². The standard InChI is InChI=1S/C14H17BrFN3O/c1-10-9-19(6-3-7-20-2)14(17-10)18-11-4-5-12(15)13(16)8-11/h4-5,8-9H,3,6-7H2,1-2H3,(H,17,18). The number of nitrogens with zero attached hydrogens (tertiary/aromatic N) is 2. The van der Waals surface area contributed by atoms with Crippen molar-refractivity contribution in [2.45, 2.75) is 19.9 Å². The zero-order chi connectivity index (χ0) is 14.5. The van der Waals surface area contributed by atoms with Crippen LogP contribution in [0.3, 0.4) is 0 Å². The zero-order valence-corrected chi connectivity index (χ0v) is 13.1. The van der Waals surface area contributed by atoms with E-state index in [1.165, 1.54) is 6.07 Å². The SMILES string of the molecule is COCCCn1cc(C)nc1Nc1ccc(Br)c(F)c1. The molecule has 1 N–H and O–H groups in total. The van der Waals surface area contributed by atoms with Crippen molar-refractivity contribution >= 4 is 27.6 Å². The van der Waals surface area contributed by atoms with E-state index in [4.69, 9.17) is 4.74 Å². The van der Waals surface area contributed by atoms with Crippen molar-refractivity contribution < 1.29 is 9.13 Å². The van der Waals surface area contributed by atoms with Crippen molar-refractivity contribution in [3.63, 3.8) is 0 Å². The second kappa shape index (κ2) is 6.85. The number of ether oxygens (including phenoxy) is 1. The van der Waals surface area contributed by atoms with Crippen molar-refractivity contribution in [3.8, 4) is 0 Å². The minimum atomic E-state index is -0.302. The third-order valence-electron chi connectivity index (χ3n) is 2.82. The van der Waals surface area contributed by atoms with Crippen LogP contribution in [0, 0.1) is 12.7 Å². The molecule has 1 aromatic heterocycles. The van der Waals surface area contributed by atoms with Crippen molar-refractivity contribution in [1.82, 2.24) is 9.55 Å². The molecule has 1 aromatic carbocycles. The molecule has 4 nitrogen and oxygen atoms in total. The van der Waals surface area contributed by atoms with Gasteiger partial charge in [-0.2, -0.15) is 0 Å². The predicted octanol–water partition coefficient (Wildman–Crippen LogP) is 3.87. The smallest absolute Gasteiger partial charge is 0.207 e. The van der Waals surface area contributed by atoms with Crippen LogP contribution in [-0.4, -0.2) is 23.3 Å². The lowest BCUT2D eigenvalue weighted by Crippen LogP contribution is -2.05. The molecule has 0 amide bonds. The van der Waals surface area contributed by atoms with Crippen molar-refractivity contribution in [3.05, 3.63) is 40.4 Å². The fourth-order valence-electron chi connectivity index (χ4n) is 1.90. The van der Waals surface area contributed by atoms with Gasteiger partial charge in [0.25, 0.3) is 0 Å². The number of aryl methyl sites for hydroxylation is 2. The van der Waals surface area contributed by atoms with E-state index in [-0.39, 0.29) is 5.82 Å². The highest BCUT2D eigenvalue weighted by Crippen LogP contribution is 2.22. The number of anilines is 2. The van der Waals surface area contributed by atoms with E-state index in [2.05, 4.69) is 26.2 Å². The Kier molecular flexibility index (Phi) is 5.14. The van der Waals surface area contributed by atoms with Crippen LogP contribution in [-0.2, 0) is 11.3 Å². The average Bonchev–Trinajstić information content (AvgIpc) is 2.74. The highest BCUT2D eigenvalue weighted by atomic mass is 79.9. The first-order chi connectivity index (χ1) is 9.60. The van der Waals surface area contributed by atoms with Crippen LogP contribution in [0.5, 0.6) is 0 Å². The van der Waals surface area contributed by atoms with E-state index in [9.17, 15) is 4.39 Å². The maximum absolute atomic E-state index is 13.5. The quantitative estimate of drug-likeness (QED) is 0.810. The summed E-state index contributed by atoms with van der Waals surface area (Å²) in [7, 11) is 1.68. The molecule has 0 fully saturated rings. The Morgan fingerprint density at radius 1 is 1.45 bits per heavy atom. The lowest BCUT2D eigenvalue weighted by molar-refractivity contribution is 0.190. The van der Waals surface area contributed by atoms with E-state index >= 15 is 0 Å². The van der Waals surface area contributed by atoms with Crippen LogP contribution in [0.25, 0.3) is 0 Å². The number of imidazole rings is 1. The van der Waals surface area contributed by atoms with Crippen LogP contribution in [0.4, 0.5) is 16.0 Å². The number of rotatable bonds is 6. The predicted molar refractivity (Wildman–Crippen MR) is 80.8 cm³/mol. The molecule has 0 bridgehead atoms. The number of halogens is 2. The third-order valence-corrected chi connectivity index (χ3v) is 3.46. The molecule has 0 spiro atoms. The normalized spacial score (nSPS) is 10.8. The van der Waals surface area contributed by atoms with E-state index in [1.807, 2.05) is 17.7 Å². The third kappa shape index (κ3) is 3.80. The summed E-state index contributed by atoms with van der Waals surface area (Å²) in [6, 6.07) is 4.91. The number of nitrogens with one attached hydrogen (secondary N) is 1. The molecule has 6 heteroatoms. The number of aromatic nitrogens is 2. The molecule has 0 aliphatic carbocycles. The molecule has 0 saturated heterocycles. The van der Waals surface area contributed by atoms with Gasteiger partial charge in [0.15, 0.2) is 0 Å². The summed E-state index contributed by atoms with van der Waals surface area (Å²) in [4.78, 5) is 4.41. The highest BCUT2D eigenvalue weighted by molar-refractivity contribution is 9.10. The average molecular weight is 342 g/mol. The van der Waals surface area contributed by atoms with E-state index in [0.717, 1.165) is 18.7 Å². The molecule has 108 valence electrons. The molecule has 0 aliphatic rings. The topological polar surface area (TPSA) is 39.1 Å². The van der Waals surface area contributed by atoms with Crippen LogP contribution >= 0.6 is 15.9 Å². The summed E-state index contributed by atoms with van der Waals surface area (Å²) in [5.74, 6) is 0.407. The Morgan fingerprint density at radius 2 is 2.25 bits per heavy atom. The molecule has 20 heavy (non-hydrogen) atoms. The fourth-order valence-corrected chi connectivity index (χ4v) is 2.15. The zero-order valence-electron chi connectivity index (χ0n) is 11.5. The first-order valence-electron chi connectivity index (χ1n) is 6.35. The summed E-state index contributed by atoms with van der Waals surface area (Å²) in [5, 5.41) is 3.14. The minimum Gasteiger partial charge on any atom is -0.385 e. The second-order valence-electron chi connectivity index (χ2n) is 4.50. The van der Waals surface area contributed by atoms with Gasteiger partial charge in [-0.05, 0) is 47.5 Å². The van der Waals surface area contributed by atoms with Crippen LogP contribution in [0.15, 0.2) is 28.9 Å². The molecule has 0 aliphatic heterocycles. The summed E-state index contributed by atoms with van der Waals surface area (Å²) in [6.45, 7) is 3.43. The molecule has 0 atom stereocenters. The van der Waals surface area contributed by atoms with Gasteiger partial charge >= 0.3 is 0 Å². The van der Waals surface area contributed by atoms with Gasteiger partial charge in [-0.15, -0.1) is 0 Å². The molecule has 2 aromatic rings. The maximum atomic E-state index is 13.5. The van der Waals surface area contributed by atoms with Gasteiger partial charge in [0.05, 0.1) is 10.2 Å². The number of hydrogen-bond donors (Lipinski definition) is 1. The molecule has 1 heterocycles. The first kappa shape index (κ1) is 15.0. The van der Waals surface area contributed by atoms with E-state index in [1.54, 1.807) is 19.2 Å². The molecular weight excluding hydrogens is 325 g/mol. The van der Waals surface area contributed by atoms with Crippen molar-refractivity contribution in [1.29, 1.82) is 0 Å². The Morgan fingerprint density at radius 3 is 2.95 bits per heavy atom. The Balaban J connectivity index is 2.13. The van der Waals surface area contributed by atoms with Gasteiger partial charge in [0, 0.05) is 32.1 Å². The van der Waals surface area contributed by atoms with Crippen LogP contribution in [0.2, 0.25) is 0 Å². The molecular formula is C14H17BrFN3O. The number of methoxy groups -OCH3 is 1. The first-order valence-corrected chi connectivity index (χ1v) is 7.14. The van der Waals surface area contributed by atoms with E-state index in [0.29, 0.717) is 22.7 Å². The summed E-state index contributed by atoms with van der Waals surface area (Å²) in [5.41, 5.74) is 1.59. The van der Waals surface area contributed by atoms with Crippen molar-refractivity contribution in [2.24, 2.45) is 0 Å². The van der Waals surface area contributed by atoms with Gasteiger partial charge in [0.1, 0.15) is 5.82 Å². The monoisotopic (exact) mass is 341 g/mol. The van der Waals surface area contributed by atoms with E-state index < -0.39 is 0 Å². The fraction of sp³-hybridized carbons (Fsp3) is 0.357. The Bertz CT molecular complexity index is 586. The minimum absolute atomic E-state index is 0.302. The second-order valence-corrected chi connectivity index (χ2v) is 5.35.